The van der Waals surface area contributed by atoms with E-state index in [-0.39, 0.29) is 0 Å². The third-order valence-corrected chi connectivity index (χ3v) is 2.99. The van der Waals surface area contributed by atoms with E-state index in [2.05, 4.69) is 12.2 Å². The fourth-order valence-corrected chi connectivity index (χ4v) is 2.39. The highest BCUT2D eigenvalue weighted by atomic mass is 16.5. The molecule has 66 valence electrons. The van der Waals surface area contributed by atoms with E-state index in [0.29, 0.717) is 23.5 Å². The molecule has 0 aromatic carbocycles. The molecule has 2 aliphatic rings. The molecule has 0 aliphatic heterocycles. The first-order valence-corrected chi connectivity index (χ1v) is 4.50. The molecule has 2 nitrogen and oxygen atoms in total. The lowest BCUT2D eigenvalue weighted by atomic mass is 9.91. The monoisotopic (exact) mass is 166 g/mol. The van der Waals surface area contributed by atoms with E-state index in [0.717, 1.165) is 19.4 Å². The highest BCUT2D eigenvalue weighted by molar-refractivity contribution is 5.82. The van der Waals surface area contributed by atoms with Crippen LogP contribution in [0.15, 0.2) is 12.2 Å². The van der Waals surface area contributed by atoms with E-state index in [1.165, 1.54) is 0 Å². The minimum atomic E-state index is 0.426. The van der Waals surface area contributed by atoms with Crippen molar-refractivity contribution in [2.45, 2.75) is 12.8 Å². The van der Waals surface area contributed by atoms with E-state index in [4.69, 9.17) is 4.74 Å². The van der Waals surface area contributed by atoms with Crippen LogP contribution in [-0.4, -0.2) is 19.5 Å². The molecule has 12 heavy (non-hydrogen) atoms. The maximum atomic E-state index is 11.1. The maximum Gasteiger partial charge on any atom is 0.133 e. The van der Waals surface area contributed by atoms with Crippen LogP contribution in [0.2, 0.25) is 0 Å². The molecule has 1 unspecified atom stereocenters. The van der Waals surface area contributed by atoms with Crippen molar-refractivity contribution >= 4 is 5.78 Å². The highest BCUT2D eigenvalue weighted by Gasteiger charge is 2.39. The summed E-state index contributed by atoms with van der Waals surface area (Å²) < 4.78 is 5.11. The van der Waals surface area contributed by atoms with Gasteiger partial charge < -0.3 is 4.74 Å². The van der Waals surface area contributed by atoms with Gasteiger partial charge in [0.05, 0.1) is 6.61 Å². The van der Waals surface area contributed by atoms with Crippen molar-refractivity contribution in [1.29, 1.82) is 0 Å². The number of methoxy groups -OCH3 is 1. The molecule has 2 aliphatic carbocycles. The number of fused-ring (bicyclic) bond motifs is 1. The van der Waals surface area contributed by atoms with Crippen molar-refractivity contribution in [1.82, 2.24) is 0 Å². The summed E-state index contributed by atoms with van der Waals surface area (Å²) in [7, 11) is 1.72. The Morgan fingerprint density at radius 3 is 3.08 bits per heavy atom. The molecule has 0 aromatic rings. The van der Waals surface area contributed by atoms with Crippen LogP contribution in [0.25, 0.3) is 0 Å². The summed E-state index contributed by atoms with van der Waals surface area (Å²) in [5, 5.41) is 0. The minimum Gasteiger partial charge on any atom is -0.384 e. The van der Waals surface area contributed by atoms with Crippen molar-refractivity contribution < 1.29 is 9.53 Å². The zero-order valence-electron chi connectivity index (χ0n) is 7.32. The Kier molecular flexibility index (Phi) is 2.01. The van der Waals surface area contributed by atoms with Gasteiger partial charge in [-0.1, -0.05) is 12.2 Å². The van der Waals surface area contributed by atoms with Gasteiger partial charge in [-0.3, -0.25) is 4.79 Å². The second kappa shape index (κ2) is 3.02. The van der Waals surface area contributed by atoms with Gasteiger partial charge in [0, 0.05) is 25.9 Å². The van der Waals surface area contributed by atoms with Crippen LogP contribution in [0.4, 0.5) is 0 Å². The van der Waals surface area contributed by atoms with Crippen molar-refractivity contribution in [3.05, 3.63) is 12.2 Å². The molecule has 0 heterocycles. The topological polar surface area (TPSA) is 26.3 Å². The molecule has 0 radical (unpaired) electrons. The third kappa shape index (κ3) is 1.20. The lowest BCUT2D eigenvalue weighted by Crippen LogP contribution is -2.15. The van der Waals surface area contributed by atoms with Gasteiger partial charge in [0.15, 0.2) is 0 Å². The number of Topliss-reactive ketones (excluding diaryl/α,β-unsaturated/α-hetero) is 1. The van der Waals surface area contributed by atoms with Crippen molar-refractivity contribution in [2.75, 3.05) is 13.7 Å². The summed E-state index contributed by atoms with van der Waals surface area (Å²) in [6.45, 7) is 0.769. The lowest BCUT2D eigenvalue weighted by Gasteiger charge is -2.16. The molecule has 1 saturated carbocycles. The number of carbonyl (C=O) groups is 1. The van der Waals surface area contributed by atoms with Crippen molar-refractivity contribution in [3.8, 4) is 0 Å². The number of hydrogen-bond donors (Lipinski definition) is 0. The molecule has 0 bridgehead atoms. The molecular formula is C10H14O2. The Labute approximate surface area is 72.6 Å². The Morgan fingerprint density at radius 1 is 1.50 bits per heavy atom. The molecule has 0 spiro atoms. The number of ketones is 1. The molecule has 3 atom stereocenters. The first kappa shape index (κ1) is 7.99. The summed E-state index contributed by atoms with van der Waals surface area (Å²) in [5.41, 5.74) is 0. The maximum absolute atomic E-state index is 11.1. The average molecular weight is 166 g/mol. The number of hydrogen-bond acceptors (Lipinski definition) is 2. The molecular weight excluding hydrogens is 152 g/mol. The molecule has 2 heteroatoms. The first-order valence-electron chi connectivity index (χ1n) is 4.50. The predicted octanol–water partition coefficient (Wildman–Crippen LogP) is 1.41. The molecule has 2 rings (SSSR count). The van der Waals surface area contributed by atoms with E-state index >= 15 is 0 Å². The molecule has 0 amide bonds. The van der Waals surface area contributed by atoms with Gasteiger partial charge in [-0.15, -0.1) is 0 Å². The summed E-state index contributed by atoms with van der Waals surface area (Å²) >= 11 is 0. The Balaban J connectivity index is 2.03. The number of carbonyl (C=O) groups excluding carboxylic acids is 1. The van der Waals surface area contributed by atoms with Crippen molar-refractivity contribution in [3.63, 3.8) is 0 Å². The third-order valence-electron chi connectivity index (χ3n) is 2.99. The smallest absolute Gasteiger partial charge is 0.133 e. The largest absolute Gasteiger partial charge is 0.384 e. The number of allylic oxidation sites excluding steroid dienone is 1. The zero-order chi connectivity index (χ0) is 8.55. The van der Waals surface area contributed by atoms with Gasteiger partial charge in [-0.25, -0.2) is 0 Å². The lowest BCUT2D eigenvalue weighted by molar-refractivity contribution is -0.117. The van der Waals surface area contributed by atoms with Crippen LogP contribution in [0, 0.1) is 17.8 Å². The Hall–Kier alpha value is -0.630. The zero-order valence-corrected chi connectivity index (χ0v) is 7.32. The Morgan fingerprint density at radius 2 is 2.33 bits per heavy atom. The standard InChI is InChI=1S/C10H14O2/c1-12-6-8-3-2-7-4-9(11)5-10(7)8/h2-3,7-8,10H,4-6H2,1H3/t7-,8?,10+/m1/s1. The van der Waals surface area contributed by atoms with E-state index in [1.54, 1.807) is 7.11 Å². The quantitative estimate of drug-likeness (QED) is 0.580. The SMILES string of the molecule is COCC1C=C[C@@H]2CC(=O)C[C@H]12. The van der Waals surface area contributed by atoms with Crippen LogP contribution in [0.5, 0.6) is 0 Å². The predicted molar refractivity (Wildman–Crippen MR) is 45.7 cm³/mol. The van der Waals surface area contributed by atoms with Crippen molar-refractivity contribution in [2.24, 2.45) is 17.8 Å². The second-order valence-corrected chi connectivity index (χ2v) is 3.78. The minimum absolute atomic E-state index is 0.426. The van der Waals surface area contributed by atoms with Crippen LogP contribution < -0.4 is 0 Å². The van der Waals surface area contributed by atoms with Crippen LogP contribution in [0.3, 0.4) is 0 Å². The van der Waals surface area contributed by atoms with Gasteiger partial charge >= 0.3 is 0 Å². The highest BCUT2D eigenvalue weighted by Crippen LogP contribution is 2.41. The van der Waals surface area contributed by atoms with E-state index in [1.807, 2.05) is 0 Å². The van der Waals surface area contributed by atoms with Gasteiger partial charge in [0.2, 0.25) is 0 Å². The van der Waals surface area contributed by atoms with Gasteiger partial charge in [-0.05, 0) is 11.8 Å². The second-order valence-electron chi connectivity index (χ2n) is 3.78. The van der Waals surface area contributed by atoms with Gasteiger partial charge in [0.1, 0.15) is 5.78 Å². The van der Waals surface area contributed by atoms with E-state index in [9.17, 15) is 4.79 Å². The summed E-state index contributed by atoms with van der Waals surface area (Å²) in [5.74, 6) is 2.00. The Bertz CT molecular complexity index is 220. The van der Waals surface area contributed by atoms with E-state index < -0.39 is 0 Å². The van der Waals surface area contributed by atoms with Gasteiger partial charge in [-0.2, -0.15) is 0 Å². The molecule has 1 fully saturated rings. The average Bonchev–Trinajstić information content (AvgIpc) is 2.52. The molecule has 0 N–H and O–H groups in total. The fourth-order valence-electron chi connectivity index (χ4n) is 2.39. The van der Waals surface area contributed by atoms with Crippen LogP contribution in [-0.2, 0) is 9.53 Å². The first-order chi connectivity index (χ1) is 5.81. The summed E-state index contributed by atoms with van der Waals surface area (Å²) in [4.78, 5) is 11.1. The molecule has 0 saturated heterocycles. The van der Waals surface area contributed by atoms with Crippen LogP contribution >= 0.6 is 0 Å². The van der Waals surface area contributed by atoms with Gasteiger partial charge in [0.25, 0.3) is 0 Å². The number of rotatable bonds is 2. The molecule has 0 aromatic heterocycles. The normalized spacial score (nSPS) is 39.1. The van der Waals surface area contributed by atoms with Crippen LogP contribution in [0.1, 0.15) is 12.8 Å². The summed E-state index contributed by atoms with van der Waals surface area (Å²) in [6.07, 6.45) is 5.94. The fraction of sp³-hybridized carbons (Fsp3) is 0.700. The number of ether oxygens (including phenoxy) is 1. The summed E-state index contributed by atoms with van der Waals surface area (Å²) in [6, 6.07) is 0.